The molecule has 138 heavy (non-hydrogen) atoms. The number of aliphatic hydroxyl groups is 5. The Hall–Kier alpha value is -8.20. The topological polar surface area (TPSA) is 188 Å². The predicted octanol–water partition coefficient (Wildman–Crippen LogP) is 28.6. The summed E-state index contributed by atoms with van der Waals surface area (Å²) in [6, 6.07) is 106. The van der Waals surface area contributed by atoms with Gasteiger partial charge in [0.15, 0.2) is 0 Å². The normalized spacial score (nSPS) is 11.2. The molecule has 12 nitrogen and oxygen atoms in total. The van der Waals surface area contributed by atoms with Gasteiger partial charge in [-0.3, -0.25) is 0 Å². The molecule has 0 fully saturated rings. The van der Waals surface area contributed by atoms with Gasteiger partial charge in [0.25, 0.3) is 0 Å². The first-order valence-corrected chi connectivity index (χ1v) is 45.1. The van der Waals surface area contributed by atoms with Crippen molar-refractivity contribution in [3.63, 3.8) is 0 Å². The molecule has 6 unspecified atom stereocenters. The van der Waals surface area contributed by atoms with Gasteiger partial charge < -0.3 is 102 Å². The van der Waals surface area contributed by atoms with E-state index < -0.39 is 0 Å². The third-order valence-corrected chi connectivity index (χ3v) is 19.8. The van der Waals surface area contributed by atoms with Crippen LogP contribution >= 0.6 is 0 Å². The molecule has 0 aliphatic heterocycles. The van der Waals surface area contributed by atoms with Gasteiger partial charge in [-0.05, 0) is 170 Å². The molecule has 747 valence electrons. The summed E-state index contributed by atoms with van der Waals surface area (Å²) in [5.41, 5.74) is 22.3. The van der Waals surface area contributed by atoms with Gasteiger partial charge in [0.2, 0.25) is 0 Å². The van der Waals surface area contributed by atoms with Gasteiger partial charge in [-0.1, -0.05) is 199 Å². The van der Waals surface area contributed by atoms with Crippen LogP contribution in [0.5, 0.6) is 0 Å². The summed E-state index contributed by atoms with van der Waals surface area (Å²) < 4.78 is 4.39. The number of aryl methyl sites for hydroxylation is 6. The standard InChI is InChI=1S/2C20H20N.C17H14N.C15H10N.2C11H8N.C6H13O.C4H8O.4C4H9O.6Ir/c2*1-13(2)16-5-6-19-17(12-16)7-8-21-20(19)18-10-14(3)9-15(4)11-18;1-12-9-13(2)11-15(10-12)17-16-6-4-3-5-14(16)7-8-18-17;1-2-7-13(8-3-1)15-14-9-5-4-6-12(14)10-11-16-15;2*1-2-6-10(7-3-1)11-8-4-5-9-12-11;1-4-6(7)5(2)3;1-4(2)5-3;4*1-3-4(2)5;;;;;;/h2*5-10,12-13H,1-4H3;3-10H,1-2H3;1-7,9-11H;2*1-6,8-9H;5-7H,1,4H2,2-3H3;4H,1,3H2,2H3;4*4-5H,1,3H2,2H3;;;;;;/q7*-1;-2;4*-1;;;;;;+3. The molecule has 0 bridgehead atoms. The quantitative estimate of drug-likeness (QED) is 0.0612. The van der Waals surface area contributed by atoms with Crippen LogP contribution in [0.1, 0.15) is 165 Å². The van der Waals surface area contributed by atoms with Crippen LogP contribution in [-0.2, 0) is 125 Å². The monoisotopic (exact) mass is 2920 g/mol. The molecule has 16 aromatic rings. The summed E-state index contributed by atoms with van der Waals surface area (Å²) in [4.78, 5) is 26.6. The van der Waals surface area contributed by atoms with Crippen LogP contribution in [0.3, 0.4) is 0 Å². The number of rotatable bonds is 15. The second kappa shape index (κ2) is 73.8. The minimum absolute atomic E-state index is 0. The maximum absolute atomic E-state index is 8.87. The number of nitrogens with zero attached hydrogens (tertiary/aromatic N) is 6. The Balaban J connectivity index is 0. The van der Waals surface area contributed by atoms with Crippen molar-refractivity contribution < 1.29 is 151 Å². The van der Waals surface area contributed by atoms with Crippen molar-refractivity contribution in [1.82, 2.24) is 29.9 Å². The van der Waals surface area contributed by atoms with Crippen molar-refractivity contribution in [2.45, 2.75) is 198 Å². The fraction of sp³-hybridized carbons (Fsp3) is 0.258. The van der Waals surface area contributed by atoms with Gasteiger partial charge in [0.1, 0.15) is 0 Å². The number of fused-ring (bicyclic) bond motifs is 4. The molecule has 0 amide bonds. The Morgan fingerprint density at radius 3 is 0.804 bits per heavy atom. The fourth-order valence-corrected chi connectivity index (χ4v) is 12.3. The number of hydrogen-bond acceptors (Lipinski definition) is 12. The minimum Gasteiger partial charge on any atom is -0.578 e. The van der Waals surface area contributed by atoms with Gasteiger partial charge in [0, 0.05) is 168 Å². The number of aliphatic hydroxyl groups excluding tert-OH is 5. The molecule has 0 saturated carbocycles. The second-order valence-electron chi connectivity index (χ2n) is 33.0. The summed E-state index contributed by atoms with van der Waals surface area (Å²) in [5, 5.41) is 51.7. The SMILES string of the molecule is Cc1[c-]c(-c2nccc3cc(C(C)C)ccc23)cc(C)c1.Cc1[c-]c(-c2nccc3cc(C(C)C)ccc23)cc(C)c1.Cc1[c-]c(-c2nccc3ccccc23)cc(C)c1.[CH2-]CC(C)O.[CH2-]CC(C)O.[CH2-]CC(C)O.[CH2-]CC(C)O.[CH2-]CC(O)C(C)C.[CH2-]OC([CH2-])C.[Ir+3].[Ir].[Ir].[Ir].[Ir].[Ir].[c-]1ccccc1-c1ccccn1.[c-]1ccccc1-c1ccccn1.[c-]1ccccc1-c1nccc2ccccc12. The summed E-state index contributed by atoms with van der Waals surface area (Å²) >= 11 is 0. The fourth-order valence-electron chi connectivity index (χ4n) is 12.3. The largest absolute Gasteiger partial charge is 3.00 e. The van der Waals surface area contributed by atoms with Crippen LogP contribution in [0.25, 0.3) is 111 Å². The number of aromatic nitrogens is 6. The van der Waals surface area contributed by atoms with Crippen molar-refractivity contribution in [1.29, 1.82) is 0 Å². The minimum atomic E-state index is -0.227. The molecule has 16 rings (SSSR count). The van der Waals surface area contributed by atoms with Gasteiger partial charge >= 0.3 is 20.1 Å². The zero-order valence-corrected chi connectivity index (χ0v) is 97.1. The van der Waals surface area contributed by atoms with E-state index in [2.05, 4.69) is 310 Å². The van der Waals surface area contributed by atoms with Crippen LogP contribution in [0.4, 0.5) is 0 Å². The van der Waals surface area contributed by atoms with E-state index in [1.54, 1.807) is 40.1 Å². The van der Waals surface area contributed by atoms with Crippen molar-refractivity contribution in [3.8, 4) is 67.5 Å². The number of benzene rings is 10. The molecule has 0 aliphatic carbocycles. The average molecular weight is 2910 g/mol. The second-order valence-corrected chi connectivity index (χ2v) is 33.0. The predicted molar refractivity (Wildman–Crippen MR) is 556 cm³/mol. The third-order valence-electron chi connectivity index (χ3n) is 19.8. The van der Waals surface area contributed by atoms with E-state index in [9.17, 15) is 0 Å². The van der Waals surface area contributed by atoms with Gasteiger partial charge in [0.05, 0.1) is 0 Å². The maximum atomic E-state index is 8.87. The van der Waals surface area contributed by atoms with Gasteiger partial charge in [-0.15, -0.1) is 218 Å². The molecule has 18 heteroatoms. The van der Waals surface area contributed by atoms with Crippen molar-refractivity contribution in [3.05, 3.63) is 422 Å². The van der Waals surface area contributed by atoms with Crippen LogP contribution in [-0.4, -0.2) is 92.1 Å². The van der Waals surface area contributed by atoms with Crippen molar-refractivity contribution >= 4 is 43.1 Å². The Bertz CT molecular complexity index is 5500. The molecule has 0 saturated heterocycles. The van der Waals surface area contributed by atoms with E-state index in [-0.39, 0.29) is 157 Å². The zero-order valence-electron chi connectivity index (χ0n) is 82.7. The Labute approximate surface area is 908 Å². The van der Waals surface area contributed by atoms with E-state index in [1.807, 2.05) is 179 Å². The van der Waals surface area contributed by atoms with E-state index in [0.717, 1.165) is 84.2 Å². The number of ether oxygens (including phenoxy) is 1. The van der Waals surface area contributed by atoms with Crippen LogP contribution in [0.15, 0.2) is 292 Å². The van der Waals surface area contributed by atoms with Crippen LogP contribution in [0, 0.1) is 133 Å². The maximum Gasteiger partial charge on any atom is 3.00 e. The third kappa shape index (κ3) is 49.5. The van der Waals surface area contributed by atoms with Crippen LogP contribution < -0.4 is 0 Å². The summed E-state index contributed by atoms with van der Waals surface area (Å²) in [6.45, 7) is 54.9. The van der Waals surface area contributed by atoms with Gasteiger partial charge in [-0.25, -0.2) is 7.11 Å². The van der Waals surface area contributed by atoms with E-state index >= 15 is 0 Å². The Morgan fingerprint density at radius 1 is 0.297 bits per heavy atom. The summed E-state index contributed by atoms with van der Waals surface area (Å²) in [7, 11) is 3.12. The molecule has 0 spiro atoms. The molecule has 6 aromatic heterocycles. The molecule has 5 N–H and O–H groups in total. The Kier molecular flexibility index (Phi) is 70.5. The molecular weight excluding hydrogens is 2770 g/mol. The first kappa shape index (κ1) is 132. The van der Waals surface area contributed by atoms with E-state index in [4.69, 9.17) is 25.5 Å². The molecular formula is C120H137Ir6N6O6-10. The molecule has 5 radical (unpaired) electrons. The summed E-state index contributed by atoms with van der Waals surface area (Å²) in [6.07, 6.45) is 13.1. The number of pyridine rings is 6. The first-order valence-electron chi connectivity index (χ1n) is 45.1. The first-order chi connectivity index (χ1) is 63.2. The van der Waals surface area contributed by atoms with E-state index in [1.165, 1.54) is 70.9 Å². The van der Waals surface area contributed by atoms with E-state index in [0.29, 0.717) is 49.9 Å². The zero-order chi connectivity index (χ0) is 97.0. The van der Waals surface area contributed by atoms with Gasteiger partial charge in [-0.2, -0.15) is 32.1 Å². The average Bonchev–Trinajstić information content (AvgIpc) is 0.765. The Morgan fingerprint density at radius 2 is 0.565 bits per heavy atom. The molecule has 6 atom stereocenters. The molecule has 0 aliphatic rings. The van der Waals surface area contributed by atoms with Crippen LogP contribution in [0.2, 0.25) is 0 Å². The molecule has 10 aromatic carbocycles. The molecule has 6 heterocycles. The van der Waals surface area contributed by atoms with Crippen molar-refractivity contribution in [2.24, 2.45) is 5.92 Å². The van der Waals surface area contributed by atoms with Crippen molar-refractivity contribution in [2.75, 3.05) is 0 Å². The summed E-state index contributed by atoms with van der Waals surface area (Å²) in [5.74, 6) is 1.44. The number of hydrogen-bond donors (Lipinski definition) is 5. The smallest absolute Gasteiger partial charge is 0.578 e.